The Morgan fingerprint density at radius 3 is 2.42 bits per heavy atom. The van der Waals surface area contributed by atoms with Gasteiger partial charge in [0, 0.05) is 18.7 Å². The van der Waals surface area contributed by atoms with Crippen LogP contribution in [0.5, 0.6) is 11.5 Å². The lowest BCUT2D eigenvalue weighted by Crippen LogP contribution is -2.36. The van der Waals surface area contributed by atoms with Gasteiger partial charge in [-0.25, -0.2) is 0 Å². The van der Waals surface area contributed by atoms with Gasteiger partial charge in [-0.2, -0.15) is 0 Å². The average molecular weight is 333 g/mol. The van der Waals surface area contributed by atoms with Gasteiger partial charge in [-0.3, -0.25) is 4.79 Å². The predicted octanol–water partition coefficient (Wildman–Crippen LogP) is 4.67. The number of benzene rings is 1. The Hall–Kier alpha value is -1.71. The van der Waals surface area contributed by atoms with Crippen molar-refractivity contribution < 1.29 is 14.3 Å². The zero-order valence-electron chi connectivity index (χ0n) is 15.3. The molecule has 4 heteroatoms. The summed E-state index contributed by atoms with van der Waals surface area (Å²) in [6, 6.07) is 5.88. The van der Waals surface area contributed by atoms with Crippen LogP contribution >= 0.6 is 0 Å². The van der Waals surface area contributed by atoms with Crippen LogP contribution in [0.1, 0.15) is 69.2 Å². The number of rotatable bonds is 7. The molecule has 24 heavy (non-hydrogen) atoms. The van der Waals surface area contributed by atoms with Gasteiger partial charge in [0.1, 0.15) is 0 Å². The molecule has 1 aliphatic carbocycles. The van der Waals surface area contributed by atoms with Gasteiger partial charge in [0.15, 0.2) is 11.5 Å². The molecule has 0 spiro atoms. The monoisotopic (exact) mass is 333 g/mol. The van der Waals surface area contributed by atoms with Crippen molar-refractivity contribution in [1.82, 2.24) is 4.90 Å². The van der Waals surface area contributed by atoms with Crippen molar-refractivity contribution in [3.63, 3.8) is 0 Å². The molecule has 1 fully saturated rings. The van der Waals surface area contributed by atoms with Crippen LogP contribution in [0.15, 0.2) is 18.2 Å². The molecule has 0 atom stereocenters. The molecule has 0 bridgehead atoms. The topological polar surface area (TPSA) is 38.8 Å². The van der Waals surface area contributed by atoms with Gasteiger partial charge in [-0.1, -0.05) is 32.6 Å². The summed E-state index contributed by atoms with van der Waals surface area (Å²) in [4.78, 5) is 14.8. The first-order chi connectivity index (χ1) is 11.7. The third kappa shape index (κ3) is 4.89. The fourth-order valence-electron chi connectivity index (χ4n) is 3.26. The number of amides is 1. The second-order valence-corrected chi connectivity index (χ2v) is 6.50. The standard InChI is InChI=1S/C20H31NO3/c1-4-14-24-18-13-12-16(15-19(18)23-5-2)20(22)21(3)17-10-8-6-7-9-11-17/h12-13,15,17H,4-11,14H2,1-3H3. The third-order valence-corrected chi connectivity index (χ3v) is 4.64. The Morgan fingerprint density at radius 2 is 1.79 bits per heavy atom. The van der Waals surface area contributed by atoms with Crippen molar-refractivity contribution in [3.05, 3.63) is 23.8 Å². The molecule has 0 unspecified atom stereocenters. The maximum absolute atomic E-state index is 12.9. The highest BCUT2D eigenvalue weighted by atomic mass is 16.5. The van der Waals surface area contributed by atoms with E-state index in [1.165, 1.54) is 25.7 Å². The Balaban J connectivity index is 2.13. The lowest BCUT2D eigenvalue weighted by Gasteiger charge is -2.27. The summed E-state index contributed by atoms with van der Waals surface area (Å²) >= 11 is 0. The molecule has 1 saturated carbocycles. The van der Waals surface area contributed by atoms with Crippen LogP contribution in [-0.4, -0.2) is 37.1 Å². The summed E-state index contributed by atoms with van der Waals surface area (Å²) in [5.41, 5.74) is 0.675. The van der Waals surface area contributed by atoms with Gasteiger partial charge in [-0.05, 0) is 44.4 Å². The summed E-state index contributed by atoms with van der Waals surface area (Å²) in [7, 11) is 1.93. The van der Waals surface area contributed by atoms with Crippen molar-refractivity contribution in [2.24, 2.45) is 0 Å². The van der Waals surface area contributed by atoms with E-state index in [-0.39, 0.29) is 5.91 Å². The molecule has 1 aliphatic rings. The highest BCUT2D eigenvalue weighted by molar-refractivity contribution is 5.95. The SMILES string of the molecule is CCCOc1ccc(C(=O)N(C)C2CCCCCC2)cc1OCC. The maximum atomic E-state index is 12.9. The fraction of sp³-hybridized carbons (Fsp3) is 0.650. The van der Waals surface area contributed by atoms with Gasteiger partial charge in [0.05, 0.1) is 13.2 Å². The highest BCUT2D eigenvalue weighted by Crippen LogP contribution is 2.30. The van der Waals surface area contributed by atoms with E-state index < -0.39 is 0 Å². The van der Waals surface area contributed by atoms with Crippen LogP contribution in [0.2, 0.25) is 0 Å². The molecule has 0 aliphatic heterocycles. The Bertz CT molecular complexity index is 522. The molecular weight excluding hydrogens is 302 g/mol. The maximum Gasteiger partial charge on any atom is 0.253 e. The summed E-state index contributed by atoms with van der Waals surface area (Å²) in [6.45, 7) is 5.21. The Labute approximate surface area is 146 Å². The zero-order chi connectivity index (χ0) is 17.4. The van der Waals surface area contributed by atoms with Crippen LogP contribution in [0.3, 0.4) is 0 Å². The smallest absolute Gasteiger partial charge is 0.253 e. The van der Waals surface area contributed by atoms with Gasteiger partial charge in [0.25, 0.3) is 5.91 Å². The molecule has 2 rings (SSSR count). The molecular formula is C20H31NO3. The van der Waals surface area contributed by atoms with E-state index in [1.54, 1.807) is 0 Å². The summed E-state index contributed by atoms with van der Waals surface area (Å²) in [5.74, 6) is 1.45. The first kappa shape index (κ1) is 18.6. The van der Waals surface area contributed by atoms with Crippen LogP contribution in [0.25, 0.3) is 0 Å². The van der Waals surface area contributed by atoms with E-state index in [9.17, 15) is 4.79 Å². The number of nitrogens with zero attached hydrogens (tertiary/aromatic N) is 1. The fourth-order valence-corrected chi connectivity index (χ4v) is 3.26. The van der Waals surface area contributed by atoms with Crippen LogP contribution in [0.4, 0.5) is 0 Å². The molecule has 1 aromatic rings. The van der Waals surface area contributed by atoms with E-state index in [2.05, 4.69) is 6.92 Å². The number of carbonyl (C=O) groups is 1. The van der Waals surface area contributed by atoms with Gasteiger partial charge in [0.2, 0.25) is 0 Å². The molecule has 0 heterocycles. The number of ether oxygens (including phenoxy) is 2. The lowest BCUT2D eigenvalue weighted by atomic mass is 10.1. The lowest BCUT2D eigenvalue weighted by molar-refractivity contribution is 0.0717. The van der Waals surface area contributed by atoms with Crippen molar-refractivity contribution >= 4 is 5.91 Å². The molecule has 0 N–H and O–H groups in total. The number of hydrogen-bond donors (Lipinski definition) is 0. The first-order valence-electron chi connectivity index (χ1n) is 9.34. The summed E-state index contributed by atoms with van der Waals surface area (Å²) in [5, 5.41) is 0. The normalized spacial score (nSPS) is 15.6. The summed E-state index contributed by atoms with van der Waals surface area (Å²) < 4.78 is 11.4. The molecule has 134 valence electrons. The largest absolute Gasteiger partial charge is 0.490 e. The predicted molar refractivity (Wildman–Crippen MR) is 97.0 cm³/mol. The summed E-state index contributed by atoms with van der Waals surface area (Å²) in [6.07, 6.45) is 8.17. The van der Waals surface area contributed by atoms with Gasteiger partial charge < -0.3 is 14.4 Å². The van der Waals surface area contributed by atoms with E-state index in [1.807, 2.05) is 37.1 Å². The molecule has 0 aromatic heterocycles. The molecule has 1 aromatic carbocycles. The Morgan fingerprint density at radius 1 is 1.08 bits per heavy atom. The van der Waals surface area contributed by atoms with Crippen molar-refractivity contribution in [2.45, 2.75) is 64.8 Å². The van der Waals surface area contributed by atoms with Gasteiger partial charge in [-0.15, -0.1) is 0 Å². The third-order valence-electron chi connectivity index (χ3n) is 4.64. The van der Waals surface area contributed by atoms with Crippen LogP contribution in [0, 0.1) is 0 Å². The van der Waals surface area contributed by atoms with E-state index >= 15 is 0 Å². The van der Waals surface area contributed by atoms with Crippen LogP contribution < -0.4 is 9.47 Å². The van der Waals surface area contributed by atoms with Gasteiger partial charge >= 0.3 is 0 Å². The number of hydrogen-bond acceptors (Lipinski definition) is 3. The average Bonchev–Trinajstić information content (AvgIpc) is 2.89. The second-order valence-electron chi connectivity index (χ2n) is 6.50. The first-order valence-corrected chi connectivity index (χ1v) is 9.34. The Kier molecular flexibility index (Phi) is 7.41. The van der Waals surface area contributed by atoms with Crippen molar-refractivity contribution in [1.29, 1.82) is 0 Å². The quantitative estimate of drug-likeness (QED) is 0.681. The minimum absolute atomic E-state index is 0.0740. The van der Waals surface area contributed by atoms with Crippen LogP contribution in [-0.2, 0) is 0 Å². The molecule has 0 radical (unpaired) electrons. The van der Waals surface area contributed by atoms with E-state index in [0.29, 0.717) is 36.3 Å². The molecule has 1 amide bonds. The molecule has 4 nitrogen and oxygen atoms in total. The molecule has 0 saturated heterocycles. The van der Waals surface area contributed by atoms with Crippen molar-refractivity contribution in [3.8, 4) is 11.5 Å². The minimum Gasteiger partial charge on any atom is -0.490 e. The number of carbonyl (C=O) groups excluding carboxylic acids is 1. The zero-order valence-corrected chi connectivity index (χ0v) is 15.3. The van der Waals surface area contributed by atoms with E-state index in [0.717, 1.165) is 19.3 Å². The minimum atomic E-state index is 0.0740. The second kappa shape index (κ2) is 9.55. The van der Waals surface area contributed by atoms with Crippen molar-refractivity contribution in [2.75, 3.05) is 20.3 Å². The van der Waals surface area contributed by atoms with E-state index in [4.69, 9.17) is 9.47 Å². The highest BCUT2D eigenvalue weighted by Gasteiger charge is 2.23.